The van der Waals surface area contributed by atoms with Gasteiger partial charge < -0.3 is 0 Å². The monoisotopic (exact) mass is 247 g/mol. The lowest BCUT2D eigenvalue weighted by atomic mass is 9.91. The van der Waals surface area contributed by atoms with Crippen LogP contribution in [0, 0.1) is 0 Å². The summed E-state index contributed by atoms with van der Waals surface area (Å²) in [6.07, 6.45) is 4.08. The Labute approximate surface area is 109 Å². The van der Waals surface area contributed by atoms with E-state index in [2.05, 4.69) is 18.7 Å². The summed E-state index contributed by atoms with van der Waals surface area (Å²) in [5.74, 6) is 0.348. The first-order chi connectivity index (χ1) is 8.69. The highest BCUT2D eigenvalue weighted by Gasteiger charge is 2.14. The molecule has 0 saturated heterocycles. The molecule has 98 valence electrons. The van der Waals surface area contributed by atoms with E-state index >= 15 is 0 Å². The standard InChI is InChI=1S/C15H21NO2/c1-4-8-13(14-9-6-5-7-10-14)11-12-15(17)16(2)18-3/h4-7,9-10,13H,1,8,11-12H2,2-3H3. The van der Waals surface area contributed by atoms with Gasteiger partial charge >= 0.3 is 0 Å². The lowest BCUT2D eigenvalue weighted by molar-refractivity contribution is -0.168. The normalized spacial score (nSPS) is 11.9. The van der Waals surface area contributed by atoms with Gasteiger partial charge in [0.1, 0.15) is 0 Å². The van der Waals surface area contributed by atoms with Gasteiger partial charge in [0, 0.05) is 13.5 Å². The molecule has 1 amide bonds. The zero-order valence-corrected chi connectivity index (χ0v) is 11.1. The van der Waals surface area contributed by atoms with Crippen molar-refractivity contribution in [2.24, 2.45) is 0 Å². The summed E-state index contributed by atoms with van der Waals surface area (Å²) in [7, 11) is 3.13. The Morgan fingerprint density at radius 3 is 2.67 bits per heavy atom. The summed E-state index contributed by atoms with van der Waals surface area (Å²) >= 11 is 0. The molecule has 1 atom stereocenters. The van der Waals surface area contributed by atoms with E-state index in [0.29, 0.717) is 12.3 Å². The number of carbonyl (C=O) groups is 1. The van der Waals surface area contributed by atoms with Crippen LogP contribution >= 0.6 is 0 Å². The number of hydroxylamine groups is 2. The average molecular weight is 247 g/mol. The van der Waals surface area contributed by atoms with Gasteiger partial charge in [-0.1, -0.05) is 36.4 Å². The number of hydrogen-bond donors (Lipinski definition) is 0. The number of carbonyl (C=O) groups excluding carboxylic acids is 1. The van der Waals surface area contributed by atoms with Crippen LogP contribution in [0.3, 0.4) is 0 Å². The summed E-state index contributed by atoms with van der Waals surface area (Å²) in [6, 6.07) is 10.2. The first-order valence-corrected chi connectivity index (χ1v) is 6.15. The third-order valence-corrected chi connectivity index (χ3v) is 3.05. The molecule has 1 aromatic carbocycles. The van der Waals surface area contributed by atoms with E-state index in [0.717, 1.165) is 12.8 Å². The lowest BCUT2D eigenvalue weighted by Crippen LogP contribution is -2.25. The van der Waals surface area contributed by atoms with Crippen molar-refractivity contribution in [3.63, 3.8) is 0 Å². The molecule has 18 heavy (non-hydrogen) atoms. The van der Waals surface area contributed by atoms with Gasteiger partial charge in [-0.05, 0) is 24.3 Å². The third kappa shape index (κ3) is 4.34. The zero-order valence-electron chi connectivity index (χ0n) is 11.1. The summed E-state index contributed by atoms with van der Waals surface area (Å²) in [5, 5.41) is 1.27. The maximum Gasteiger partial charge on any atom is 0.245 e. The lowest BCUT2D eigenvalue weighted by Gasteiger charge is -2.18. The quantitative estimate of drug-likeness (QED) is 0.547. The summed E-state index contributed by atoms with van der Waals surface area (Å²) in [6.45, 7) is 3.78. The summed E-state index contributed by atoms with van der Waals surface area (Å²) < 4.78 is 0. The van der Waals surface area contributed by atoms with Crippen LogP contribution in [0.1, 0.15) is 30.7 Å². The van der Waals surface area contributed by atoms with Crippen molar-refractivity contribution in [2.75, 3.05) is 14.2 Å². The van der Waals surface area contributed by atoms with E-state index in [9.17, 15) is 4.79 Å². The number of hydrogen-bond acceptors (Lipinski definition) is 2. The van der Waals surface area contributed by atoms with Crippen LogP contribution in [0.5, 0.6) is 0 Å². The Hall–Kier alpha value is -1.61. The van der Waals surface area contributed by atoms with Crippen LogP contribution in [0.25, 0.3) is 0 Å². The highest BCUT2D eigenvalue weighted by molar-refractivity contribution is 5.74. The predicted molar refractivity (Wildman–Crippen MR) is 73.0 cm³/mol. The highest BCUT2D eigenvalue weighted by Crippen LogP contribution is 2.25. The predicted octanol–water partition coefficient (Wildman–Crippen LogP) is 3.15. The van der Waals surface area contributed by atoms with Crippen LogP contribution < -0.4 is 0 Å². The molecule has 3 nitrogen and oxygen atoms in total. The molecule has 1 rings (SSSR count). The van der Waals surface area contributed by atoms with Gasteiger partial charge in [-0.15, -0.1) is 6.58 Å². The smallest absolute Gasteiger partial charge is 0.245 e. The fourth-order valence-electron chi connectivity index (χ4n) is 1.90. The van der Waals surface area contributed by atoms with Crippen LogP contribution in [-0.4, -0.2) is 25.1 Å². The van der Waals surface area contributed by atoms with Crippen molar-refractivity contribution in [3.05, 3.63) is 48.6 Å². The van der Waals surface area contributed by atoms with Gasteiger partial charge in [-0.3, -0.25) is 9.63 Å². The molecular formula is C15H21NO2. The Bertz CT molecular complexity index is 375. The van der Waals surface area contributed by atoms with E-state index in [1.54, 1.807) is 7.05 Å². The van der Waals surface area contributed by atoms with Gasteiger partial charge in [0.2, 0.25) is 5.91 Å². The maximum atomic E-state index is 11.7. The Morgan fingerprint density at radius 2 is 2.11 bits per heavy atom. The number of benzene rings is 1. The molecule has 0 spiro atoms. The van der Waals surface area contributed by atoms with E-state index < -0.39 is 0 Å². The van der Waals surface area contributed by atoms with Gasteiger partial charge in [-0.25, -0.2) is 5.06 Å². The van der Waals surface area contributed by atoms with Crippen molar-refractivity contribution < 1.29 is 9.63 Å². The molecule has 0 aliphatic heterocycles. The molecule has 0 fully saturated rings. The first kappa shape index (κ1) is 14.5. The molecule has 0 saturated carbocycles. The van der Waals surface area contributed by atoms with Crippen LogP contribution in [0.2, 0.25) is 0 Å². The van der Waals surface area contributed by atoms with Crippen molar-refractivity contribution in [2.45, 2.75) is 25.2 Å². The van der Waals surface area contributed by atoms with Gasteiger partial charge in [0.15, 0.2) is 0 Å². The maximum absolute atomic E-state index is 11.7. The largest absolute Gasteiger partial charge is 0.275 e. The van der Waals surface area contributed by atoms with Crippen LogP contribution in [0.4, 0.5) is 0 Å². The molecule has 1 aromatic rings. The number of rotatable bonds is 7. The molecule has 0 aliphatic carbocycles. The molecule has 0 N–H and O–H groups in total. The fourth-order valence-corrected chi connectivity index (χ4v) is 1.90. The van der Waals surface area contributed by atoms with Crippen molar-refractivity contribution in [1.29, 1.82) is 0 Å². The highest BCUT2D eigenvalue weighted by atomic mass is 16.7. The molecule has 0 bridgehead atoms. The second kappa shape index (κ2) is 7.67. The van der Waals surface area contributed by atoms with Crippen molar-refractivity contribution in [3.8, 4) is 0 Å². The number of allylic oxidation sites excluding steroid dienone is 1. The molecule has 0 radical (unpaired) electrons. The average Bonchev–Trinajstić information content (AvgIpc) is 2.43. The second-order valence-electron chi connectivity index (χ2n) is 4.24. The molecule has 0 aromatic heterocycles. The van der Waals surface area contributed by atoms with E-state index in [1.807, 2.05) is 24.3 Å². The Kier molecular flexibility index (Phi) is 6.15. The minimum Gasteiger partial charge on any atom is -0.275 e. The molecular weight excluding hydrogens is 226 g/mol. The van der Waals surface area contributed by atoms with E-state index in [-0.39, 0.29) is 5.91 Å². The Morgan fingerprint density at radius 1 is 1.44 bits per heavy atom. The van der Waals surface area contributed by atoms with Crippen LogP contribution in [-0.2, 0) is 9.63 Å². The summed E-state index contributed by atoms with van der Waals surface area (Å²) in [5.41, 5.74) is 1.25. The molecule has 1 unspecified atom stereocenters. The minimum atomic E-state index is 0.00231. The Balaban J connectivity index is 2.59. The fraction of sp³-hybridized carbons (Fsp3) is 0.400. The zero-order chi connectivity index (χ0) is 13.4. The molecule has 0 aliphatic rings. The minimum absolute atomic E-state index is 0.00231. The van der Waals surface area contributed by atoms with Crippen molar-refractivity contribution >= 4 is 5.91 Å². The number of nitrogens with zero attached hydrogens (tertiary/aromatic N) is 1. The van der Waals surface area contributed by atoms with Crippen LogP contribution in [0.15, 0.2) is 43.0 Å². The molecule has 3 heteroatoms. The van der Waals surface area contributed by atoms with Gasteiger partial charge in [0.05, 0.1) is 7.11 Å². The van der Waals surface area contributed by atoms with Gasteiger partial charge in [-0.2, -0.15) is 0 Å². The number of amides is 1. The summed E-state index contributed by atoms with van der Waals surface area (Å²) in [4.78, 5) is 16.6. The van der Waals surface area contributed by atoms with Crippen molar-refractivity contribution in [1.82, 2.24) is 5.06 Å². The molecule has 0 heterocycles. The first-order valence-electron chi connectivity index (χ1n) is 6.15. The SMILES string of the molecule is C=CCC(CCC(=O)N(C)OC)c1ccccc1. The third-order valence-electron chi connectivity index (χ3n) is 3.05. The topological polar surface area (TPSA) is 29.5 Å². The second-order valence-corrected chi connectivity index (χ2v) is 4.24. The van der Waals surface area contributed by atoms with E-state index in [1.165, 1.54) is 17.7 Å². The van der Waals surface area contributed by atoms with Gasteiger partial charge in [0.25, 0.3) is 0 Å². The van der Waals surface area contributed by atoms with E-state index in [4.69, 9.17) is 4.84 Å².